The Bertz CT molecular complexity index is 805. The van der Waals surface area contributed by atoms with E-state index in [1.807, 2.05) is 36.0 Å². The Morgan fingerprint density at radius 3 is 2.32 bits per heavy atom. The van der Waals surface area contributed by atoms with Crippen LogP contribution in [0.1, 0.15) is 43.7 Å². The van der Waals surface area contributed by atoms with Crippen molar-refractivity contribution in [3.05, 3.63) is 59.1 Å². The van der Waals surface area contributed by atoms with Crippen molar-refractivity contribution in [3.8, 4) is 0 Å². The van der Waals surface area contributed by atoms with Crippen LogP contribution in [0.2, 0.25) is 5.02 Å². The topological polar surface area (TPSA) is 84.2 Å². The van der Waals surface area contributed by atoms with E-state index < -0.39 is 12.1 Å². The molecule has 1 aliphatic carbocycles. The molecule has 0 saturated heterocycles. The van der Waals surface area contributed by atoms with E-state index in [4.69, 9.17) is 17.3 Å². The summed E-state index contributed by atoms with van der Waals surface area (Å²) in [5.74, 6) is -0.204. The number of rotatable bonds is 7. The smallest absolute Gasteiger partial charge is 0.312 e. The van der Waals surface area contributed by atoms with E-state index in [-0.39, 0.29) is 12.3 Å². The summed E-state index contributed by atoms with van der Waals surface area (Å²) in [5, 5.41) is 6.79. The molecule has 7 heteroatoms. The van der Waals surface area contributed by atoms with Gasteiger partial charge in [-0.3, -0.25) is 4.79 Å². The fraction of sp³-hybridized carbons (Fsp3) is 0.333. The van der Waals surface area contributed by atoms with Crippen molar-refractivity contribution in [2.24, 2.45) is 5.73 Å². The first-order chi connectivity index (χ1) is 13.5. The highest BCUT2D eigenvalue weighted by molar-refractivity contribution is 8.00. The molecule has 2 aromatic rings. The largest absolute Gasteiger partial charge is 0.352 e. The first-order valence-electron chi connectivity index (χ1n) is 9.37. The molecule has 3 rings (SSSR count). The molecule has 0 aliphatic heterocycles. The van der Waals surface area contributed by atoms with Gasteiger partial charge in [-0.1, -0.05) is 36.6 Å². The third kappa shape index (κ3) is 6.17. The molecule has 0 aromatic heterocycles. The van der Waals surface area contributed by atoms with Crippen LogP contribution < -0.4 is 16.4 Å². The number of carbonyl (C=O) groups excluding carboxylic acids is 2. The highest BCUT2D eigenvalue weighted by atomic mass is 35.5. The van der Waals surface area contributed by atoms with Crippen molar-refractivity contribution >= 4 is 41.0 Å². The number of anilines is 1. The van der Waals surface area contributed by atoms with Crippen LogP contribution >= 0.6 is 23.4 Å². The molecule has 0 heterocycles. The van der Waals surface area contributed by atoms with Crippen molar-refractivity contribution in [1.29, 1.82) is 0 Å². The molecule has 1 atom stereocenters. The van der Waals surface area contributed by atoms with Crippen LogP contribution in [0.25, 0.3) is 0 Å². The number of nitrogens with two attached hydrogens (primary N) is 1. The van der Waals surface area contributed by atoms with Crippen LogP contribution in [-0.4, -0.2) is 17.2 Å². The molecule has 0 radical (unpaired) electrons. The fourth-order valence-corrected chi connectivity index (χ4v) is 4.71. The van der Waals surface area contributed by atoms with Gasteiger partial charge in [-0.25, -0.2) is 4.79 Å². The Hall–Kier alpha value is -2.18. The van der Waals surface area contributed by atoms with Crippen molar-refractivity contribution in [2.75, 3.05) is 5.32 Å². The SMILES string of the molecule is NC(=O)N[C@@H](CC(=O)Nc1ccc(SC2CCCC2)cc1)c1ccc(Cl)cc1. The molecule has 1 saturated carbocycles. The lowest BCUT2D eigenvalue weighted by Gasteiger charge is -2.18. The quantitative estimate of drug-likeness (QED) is 0.585. The van der Waals surface area contributed by atoms with Gasteiger partial charge in [-0.2, -0.15) is 0 Å². The molecule has 3 amide bonds. The zero-order chi connectivity index (χ0) is 19.9. The number of benzene rings is 2. The van der Waals surface area contributed by atoms with Crippen molar-refractivity contribution in [2.45, 2.75) is 48.3 Å². The summed E-state index contributed by atoms with van der Waals surface area (Å²) in [4.78, 5) is 25.0. The number of carbonyl (C=O) groups is 2. The van der Waals surface area contributed by atoms with Crippen LogP contribution in [0.5, 0.6) is 0 Å². The van der Waals surface area contributed by atoms with E-state index in [1.165, 1.54) is 30.6 Å². The molecule has 0 bridgehead atoms. The van der Waals surface area contributed by atoms with E-state index >= 15 is 0 Å². The highest BCUT2D eigenvalue weighted by Gasteiger charge is 2.18. The summed E-state index contributed by atoms with van der Waals surface area (Å²) in [6.07, 6.45) is 5.27. The fourth-order valence-electron chi connectivity index (χ4n) is 3.33. The van der Waals surface area contributed by atoms with Gasteiger partial charge >= 0.3 is 6.03 Å². The number of hydrogen-bond donors (Lipinski definition) is 3. The van der Waals surface area contributed by atoms with Gasteiger partial charge in [0.25, 0.3) is 0 Å². The number of primary amides is 1. The maximum atomic E-state index is 12.5. The zero-order valence-electron chi connectivity index (χ0n) is 15.5. The van der Waals surface area contributed by atoms with Gasteiger partial charge in [0.1, 0.15) is 0 Å². The Labute approximate surface area is 174 Å². The lowest BCUT2D eigenvalue weighted by atomic mass is 10.0. The minimum Gasteiger partial charge on any atom is -0.352 e. The van der Waals surface area contributed by atoms with Gasteiger partial charge < -0.3 is 16.4 Å². The van der Waals surface area contributed by atoms with Crippen LogP contribution in [0.15, 0.2) is 53.4 Å². The zero-order valence-corrected chi connectivity index (χ0v) is 17.1. The first-order valence-corrected chi connectivity index (χ1v) is 10.6. The van der Waals surface area contributed by atoms with Crippen LogP contribution in [0.3, 0.4) is 0 Å². The Kier molecular flexibility index (Phi) is 7.23. The molecule has 5 nitrogen and oxygen atoms in total. The maximum absolute atomic E-state index is 12.5. The normalized spacial score (nSPS) is 15.2. The summed E-state index contributed by atoms with van der Waals surface area (Å²) >= 11 is 7.82. The van der Waals surface area contributed by atoms with Gasteiger partial charge in [0.2, 0.25) is 5.91 Å². The standard InChI is InChI=1S/C21H24ClN3O2S/c22-15-7-5-14(6-8-15)19(25-21(23)27)13-20(26)24-16-9-11-18(12-10-16)28-17-3-1-2-4-17/h5-12,17,19H,1-4,13H2,(H,24,26)(H3,23,25,27)/t19-/m0/s1. The second kappa shape index (κ2) is 9.85. The van der Waals surface area contributed by atoms with Gasteiger partial charge in [-0.05, 0) is 54.8 Å². The molecule has 2 aromatic carbocycles. The number of amides is 3. The molecule has 4 N–H and O–H groups in total. The van der Waals surface area contributed by atoms with Gasteiger partial charge in [0.15, 0.2) is 0 Å². The van der Waals surface area contributed by atoms with E-state index in [0.29, 0.717) is 10.3 Å². The van der Waals surface area contributed by atoms with Crippen molar-refractivity contribution in [1.82, 2.24) is 5.32 Å². The van der Waals surface area contributed by atoms with Crippen molar-refractivity contribution in [3.63, 3.8) is 0 Å². The molecule has 0 unspecified atom stereocenters. The first kappa shape index (κ1) is 20.6. The van der Waals surface area contributed by atoms with Crippen molar-refractivity contribution < 1.29 is 9.59 Å². The average Bonchev–Trinajstić information content (AvgIpc) is 3.16. The third-order valence-corrected chi connectivity index (χ3v) is 6.32. The summed E-state index contributed by atoms with van der Waals surface area (Å²) in [5.41, 5.74) is 6.76. The highest BCUT2D eigenvalue weighted by Crippen LogP contribution is 2.35. The molecule has 0 spiro atoms. The second-order valence-electron chi connectivity index (χ2n) is 6.91. The predicted octanol–water partition coefficient (Wildman–Crippen LogP) is 5.11. The van der Waals surface area contributed by atoms with E-state index in [0.717, 1.165) is 11.3 Å². The molecule has 148 valence electrons. The molecule has 1 aliphatic rings. The maximum Gasteiger partial charge on any atom is 0.312 e. The van der Waals surface area contributed by atoms with Gasteiger partial charge in [0.05, 0.1) is 12.5 Å². The van der Waals surface area contributed by atoms with Crippen LogP contribution in [0, 0.1) is 0 Å². The van der Waals surface area contributed by atoms with Gasteiger partial charge in [0, 0.05) is 20.9 Å². The van der Waals surface area contributed by atoms with Crippen LogP contribution in [0.4, 0.5) is 10.5 Å². The van der Waals surface area contributed by atoms with Crippen LogP contribution in [-0.2, 0) is 4.79 Å². The minimum absolute atomic E-state index is 0.0726. The van der Waals surface area contributed by atoms with E-state index in [9.17, 15) is 9.59 Å². The summed E-state index contributed by atoms with van der Waals surface area (Å²) in [6, 6.07) is 13.7. The lowest BCUT2D eigenvalue weighted by molar-refractivity contribution is -0.116. The Morgan fingerprint density at radius 2 is 1.71 bits per heavy atom. The molecule has 28 heavy (non-hydrogen) atoms. The van der Waals surface area contributed by atoms with E-state index in [2.05, 4.69) is 10.6 Å². The predicted molar refractivity (Wildman–Crippen MR) is 115 cm³/mol. The molecule has 1 fully saturated rings. The summed E-state index contributed by atoms with van der Waals surface area (Å²) in [6.45, 7) is 0. The number of halogens is 1. The minimum atomic E-state index is -0.680. The summed E-state index contributed by atoms with van der Waals surface area (Å²) < 4.78 is 0. The monoisotopic (exact) mass is 417 g/mol. The number of hydrogen-bond acceptors (Lipinski definition) is 3. The summed E-state index contributed by atoms with van der Waals surface area (Å²) in [7, 11) is 0. The number of nitrogens with one attached hydrogen (secondary N) is 2. The molecular weight excluding hydrogens is 394 g/mol. The number of urea groups is 1. The second-order valence-corrected chi connectivity index (χ2v) is 8.72. The lowest BCUT2D eigenvalue weighted by Crippen LogP contribution is -2.35. The van der Waals surface area contributed by atoms with Gasteiger partial charge in [-0.15, -0.1) is 11.8 Å². The number of thioether (sulfide) groups is 1. The Balaban J connectivity index is 1.58. The molecular formula is C21H24ClN3O2S. The third-order valence-electron chi connectivity index (χ3n) is 4.72. The van der Waals surface area contributed by atoms with E-state index in [1.54, 1.807) is 24.3 Å². The Morgan fingerprint density at radius 1 is 1.07 bits per heavy atom. The average molecular weight is 418 g/mol.